The van der Waals surface area contributed by atoms with Crippen LogP contribution >= 0.6 is 11.3 Å². The zero-order chi connectivity index (χ0) is 32.3. The molecule has 0 aliphatic carbocycles. The van der Waals surface area contributed by atoms with Crippen LogP contribution in [0.25, 0.3) is 53.8 Å². The van der Waals surface area contributed by atoms with E-state index in [0.29, 0.717) is 5.92 Å². The smallest absolute Gasteiger partial charge is 0.0798 e. The fourth-order valence-corrected chi connectivity index (χ4v) is 8.82. The van der Waals surface area contributed by atoms with Crippen LogP contribution in [0.1, 0.15) is 25.0 Å². The summed E-state index contributed by atoms with van der Waals surface area (Å²) in [5, 5.41) is 4.09. The Bertz CT molecular complexity index is 2100. The number of hydrogen-bond donors (Lipinski definition) is 0. The normalized spacial score (nSPS) is 11.3. The minimum absolute atomic E-state index is 0. The molecule has 1 radical (unpaired) electrons. The van der Waals surface area contributed by atoms with Gasteiger partial charge in [0.25, 0.3) is 0 Å². The van der Waals surface area contributed by atoms with Crippen LogP contribution in [0.15, 0.2) is 116 Å². The minimum atomic E-state index is -1.34. The van der Waals surface area contributed by atoms with Crippen LogP contribution in [-0.2, 0) is 26.5 Å². The second-order valence-electron chi connectivity index (χ2n) is 13.3. The first-order chi connectivity index (χ1) is 22.2. The third kappa shape index (κ3) is 7.88. The van der Waals surface area contributed by atoms with Gasteiger partial charge < -0.3 is 9.97 Å². The Hall–Kier alpha value is -3.73. The van der Waals surface area contributed by atoms with Crippen LogP contribution in [0.2, 0.25) is 19.6 Å². The van der Waals surface area contributed by atoms with Crippen molar-refractivity contribution in [3.05, 3.63) is 139 Å². The molecular formula is C42H40IrN2SSi-2. The number of nitrogens with zero attached hydrogens (tertiary/aromatic N) is 2. The van der Waals surface area contributed by atoms with Crippen LogP contribution in [0.3, 0.4) is 0 Å². The average Bonchev–Trinajstić information content (AvgIpc) is 3.44. The number of hydrogen-bond acceptors (Lipinski definition) is 3. The van der Waals surface area contributed by atoms with Gasteiger partial charge in [0.1, 0.15) is 0 Å². The predicted octanol–water partition coefficient (Wildman–Crippen LogP) is 11.2. The summed E-state index contributed by atoms with van der Waals surface area (Å²) < 4.78 is 2.55. The van der Waals surface area contributed by atoms with Crippen LogP contribution < -0.4 is 5.19 Å². The molecule has 4 aromatic carbocycles. The molecule has 0 atom stereocenters. The summed E-state index contributed by atoms with van der Waals surface area (Å²) in [4.78, 5) is 9.27. The fraction of sp³-hybridized carbons (Fsp3) is 0.190. The third-order valence-electron chi connectivity index (χ3n) is 8.12. The Balaban J connectivity index is 0.000000188. The number of aryl methyl sites for hydroxylation is 1. The molecule has 47 heavy (non-hydrogen) atoms. The van der Waals surface area contributed by atoms with Crippen molar-refractivity contribution in [1.29, 1.82) is 0 Å². The van der Waals surface area contributed by atoms with E-state index in [1.807, 2.05) is 47.9 Å². The molecule has 3 heterocycles. The van der Waals surface area contributed by atoms with Gasteiger partial charge in [-0.15, -0.1) is 59.7 Å². The van der Waals surface area contributed by atoms with Gasteiger partial charge in [-0.2, -0.15) is 11.3 Å². The summed E-state index contributed by atoms with van der Waals surface area (Å²) in [5.41, 5.74) is 9.43. The van der Waals surface area contributed by atoms with E-state index in [4.69, 9.17) is 0 Å². The standard InChI is InChI=1S/C24H16NS.C18H24NSi.Ir/c1-16-13-14-25-21(15-16)19-10-5-11-20-23-18(17-7-3-2-4-8-17)9-6-12-22(23)26-24(19)20;1-14(2)11-16-12-17(15-9-7-6-8-10-15)19-13-18(16)20(3,4)5;/h2-9,11-15H,1H3;6-9,12-14H,11H2,1-5H3;/q2*-1;. The van der Waals surface area contributed by atoms with E-state index in [0.717, 1.165) is 28.9 Å². The maximum Gasteiger partial charge on any atom is 0.0798 e. The molecule has 239 valence electrons. The molecule has 2 nitrogen and oxygen atoms in total. The van der Waals surface area contributed by atoms with Gasteiger partial charge in [-0.3, -0.25) is 0 Å². The number of aromatic nitrogens is 2. The zero-order valence-electron chi connectivity index (χ0n) is 27.9. The van der Waals surface area contributed by atoms with Crippen molar-refractivity contribution in [2.75, 3.05) is 0 Å². The first-order valence-electron chi connectivity index (χ1n) is 16.0. The molecule has 5 heteroatoms. The van der Waals surface area contributed by atoms with Gasteiger partial charge in [0.05, 0.1) is 8.07 Å². The summed E-state index contributed by atoms with van der Waals surface area (Å²) in [6, 6.07) is 42.6. The van der Waals surface area contributed by atoms with Crippen LogP contribution in [0.5, 0.6) is 0 Å². The SMILES string of the molecule is CC(C)Cc1cc(-c2[c-]cccc2)ncc1[Si](C)(C)C.Cc1ccnc(-c2[c-]ccc3c2sc2cccc(-c4ccccc4)c23)c1.[Ir]. The fourth-order valence-electron chi connectivity index (χ4n) is 5.99. The zero-order valence-corrected chi connectivity index (χ0v) is 32.1. The monoisotopic (exact) mass is 825 g/mol. The van der Waals surface area contributed by atoms with Gasteiger partial charge >= 0.3 is 0 Å². The van der Waals surface area contributed by atoms with E-state index in [-0.39, 0.29) is 20.1 Å². The van der Waals surface area contributed by atoms with E-state index in [2.05, 4.69) is 142 Å². The van der Waals surface area contributed by atoms with E-state index < -0.39 is 8.07 Å². The molecule has 0 unspecified atom stereocenters. The average molecular weight is 825 g/mol. The molecule has 0 fully saturated rings. The maximum atomic E-state index is 4.69. The van der Waals surface area contributed by atoms with Crippen molar-refractivity contribution in [2.45, 2.75) is 46.8 Å². The minimum Gasteiger partial charge on any atom is -0.305 e. The molecule has 0 spiro atoms. The van der Waals surface area contributed by atoms with Crippen molar-refractivity contribution < 1.29 is 20.1 Å². The first kappa shape index (κ1) is 34.6. The third-order valence-corrected chi connectivity index (χ3v) is 11.4. The Morgan fingerprint density at radius 3 is 2.28 bits per heavy atom. The summed E-state index contributed by atoms with van der Waals surface area (Å²) >= 11 is 1.83. The molecule has 7 rings (SSSR count). The Labute approximate surface area is 298 Å². The number of fused-ring (bicyclic) bond motifs is 3. The van der Waals surface area contributed by atoms with Gasteiger partial charge in [0.15, 0.2) is 0 Å². The second kappa shape index (κ2) is 15.0. The quantitative estimate of drug-likeness (QED) is 0.123. The van der Waals surface area contributed by atoms with E-state index in [1.54, 1.807) is 0 Å². The van der Waals surface area contributed by atoms with Gasteiger partial charge in [-0.1, -0.05) is 105 Å². The Kier molecular flexibility index (Phi) is 11.0. The van der Waals surface area contributed by atoms with E-state index in [1.165, 1.54) is 47.6 Å². The van der Waals surface area contributed by atoms with Crippen molar-refractivity contribution in [2.24, 2.45) is 5.92 Å². The Morgan fingerprint density at radius 2 is 1.57 bits per heavy atom. The van der Waals surface area contributed by atoms with Crippen LogP contribution in [0, 0.1) is 25.0 Å². The van der Waals surface area contributed by atoms with Gasteiger partial charge in [-0.05, 0) is 69.2 Å². The largest absolute Gasteiger partial charge is 0.305 e. The molecule has 0 aliphatic heterocycles. The van der Waals surface area contributed by atoms with Gasteiger partial charge in [0, 0.05) is 37.2 Å². The summed E-state index contributed by atoms with van der Waals surface area (Å²) in [7, 11) is -1.34. The van der Waals surface area contributed by atoms with Crippen LogP contribution in [0.4, 0.5) is 0 Å². The molecule has 0 bridgehead atoms. The van der Waals surface area contributed by atoms with Gasteiger partial charge in [-0.25, -0.2) is 0 Å². The molecule has 3 aromatic heterocycles. The Morgan fingerprint density at radius 1 is 0.787 bits per heavy atom. The van der Waals surface area contributed by atoms with Crippen LogP contribution in [-0.4, -0.2) is 18.0 Å². The number of thiophene rings is 1. The molecule has 0 saturated carbocycles. The first-order valence-corrected chi connectivity index (χ1v) is 20.3. The number of pyridine rings is 2. The predicted molar refractivity (Wildman–Crippen MR) is 202 cm³/mol. The topological polar surface area (TPSA) is 25.8 Å². The van der Waals surface area contributed by atoms with Crippen molar-refractivity contribution in [3.8, 4) is 33.6 Å². The van der Waals surface area contributed by atoms with E-state index >= 15 is 0 Å². The molecule has 0 saturated heterocycles. The van der Waals surface area contributed by atoms with E-state index in [9.17, 15) is 0 Å². The number of benzene rings is 4. The van der Waals surface area contributed by atoms with Crippen molar-refractivity contribution in [1.82, 2.24) is 9.97 Å². The van der Waals surface area contributed by atoms with Gasteiger partial charge in [0.2, 0.25) is 0 Å². The molecular weight excluding hydrogens is 785 g/mol. The van der Waals surface area contributed by atoms with Crippen molar-refractivity contribution in [3.63, 3.8) is 0 Å². The molecule has 0 N–H and O–H groups in total. The van der Waals surface area contributed by atoms with Crippen molar-refractivity contribution >= 4 is 44.8 Å². The number of rotatable bonds is 6. The molecule has 0 amide bonds. The molecule has 7 aromatic rings. The second-order valence-corrected chi connectivity index (χ2v) is 19.4. The summed E-state index contributed by atoms with van der Waals surface area (Å²) in [6.07, 6.45) is 5.11. The molecule has 0 aliphatic rings. The maximum absolute atomic E-state index is 4.69. The summed E-state index contributed by atoms with van der Waals surface area (Å²) in [6.45, 7) is 13.8. The summed E-state index contributed by atoms with van der Waals surface area (Å²) in [5.74, 6) is 0.667.